The van der Waals surface area contributed by atoms with Crippen LogP contribution in [-0.2, 0) is 45.2 Å². The molecular formula is C45H43FO4S. The molecule has 4 atom stereocenters. The zero-order valence-electron chi connectivity index (χ0n) is 28.8. The Balaban J connectivity index is 1.13. The molecule has 6 heteroatoms. The van der Waals surface area contributed by atoms with Gasteiger partial charge in [-0.1, -0.05) is 121 Å². The summed E-state index contributed by atoms with van der Waals surface area (Å²) >= 11 is 1.75. The van der Waals surface area contributed by atoms with Gasteiger partial charge >= 0.3 is 0 Å². The molecule has 4 nitrogen and oxygen atoms in total. The molecule has 260 valence electrons. The molecule has 0 bridgehead atoms. The van der Waals surface area contributed by atoms with Crippen molar-refractivity contribution in [3.63, 3.8) is 0 Å². The van der Waals surface area contributed by atoms with Gasteiger partial charge < -0.3 is 18.9 Å². The molecule has 0 spiro atoms. The highest BCUT2D eigenvalue weighted by molar-refractivity contribution is 7.15. The second kappa shape index (κ2) is 17.2. The fraction of sp³-hybridized carbons (Fsp3) is 0.244. The van der Waals surface area contributed by atoms with Crippen LogP contribution in [0.5, 0.6) is 0 Å². The van der Waals surface area contributed by atoms with Gasteiger partial charge in [0.15, 0.2) is 0 Å². The van der Waals surface area contributed by atoms with Crippen LogP contribution in [0.15, 0.2) is 146 Å². The van der Waals surface area contributed by atoms with Crippen LogP contribution < -0.4 is 0 Å². The average molecular weight is 699 g/mol. The topological polar surface area (TPSA) is 36.9 Å². The second-order valence-electron chi connectivity index (χ2n) is 13.1. The van der Waals surface area contributed by atoms with E-state index in [9.17, 15) is 4.39 Å². The van der Waals surface area contributed by atoms with E-state index in [1.54, 1.807) is 11.3 Å². The van der Waals surface area contributed by atoms with E-state index >= 15 is 0 Å². The van der Waals surface area contributed by atoms with Crippen LogP contribution in [0.4, 0.5) is 4.39 Å². The van der Waals surface area contributed by atoms with E-state index in [4.69, 9.17) is 18.9 Å². The van der Waals surface area contributed by atoms with Gasteiger partial charge in [0, 0.05) is 22.6 Å². The van der Waals surface area contributed by atoms with Crippen molar-refractivity contribution in [2.45, 2.75) is 64.0 Å². The van der Waals surface area contributed by atoms with Crippen molar-refractivity contribution in [3.05, 3.63) is 190 Å². The molecule has 0 amide bonds. The van der Waals surface area contributed by atoms with Crippen molar-refractivity contribution in [3.8, 4) is 10.4 Å². The van der Waals surface area contributed by atoms with Crippen LogP contribution in [-0.4, -0.2) is 24.9 Å². The molecule has 1 aliphatic rings. The average Bonchev–Trinajstić information content (AvgIpc) is 3.64. The number of aryl methyl sites for hydroxylation is 1. The van der Waals surface area contributed by atoms with Gasteiger partial charge in [-0.3, -0.25) is 0 Å². The fourth-order valence-corrected chi connectivity index (χ4v) is 7.61. The summed E-state index contributed by atoms with van der Waals surface area (Å²) in [4.78, 5) is 2.39. The minimum atomic E-state index is -0.350. The molecule has 7 rings (SSSR count). The Labute approximate surface area is 304 Å². The van der Waals surface area contributed by atoms with Crippen LogP contribution in [0.1, 0.15) is 50.8 Å². The Morgan fingerprint density at radius 2 is 1.31 bits per heavy atom. The molecule has 51 heavy (non-hydrogen) atoms. The summed E-state index contributed by atoms with van der Waals surface area (Å²) in [7, 11) is 0. The number of ether oxygens (including phenoxy) is 4. The van der Waals surface area contributed by atoms with Crippen molar-refractivity contribution in [1.29, 1.82) is 0 Å². The van der Waals surface area contributed by atoms with Crippen LogP contribution >= 0.6 is 11.3 Å². The Hall–Kier alpha value is -4.43. The summed E-state index contributed by atoms with van der Waals surface area (Å²) in [5.41, 5.74) is 7.97. The maximum atomic E-state index is 13.5. The normalized spacial score (nSPS) is 18.9. The van der Waals surface area contributed by atoms with Crippen molar-refractivity contribution in [1.82, 2.24) is 0 Å². The van der Waals surface area contributed by atoms with Gasteiger partial charge in [0.25, 0.3) is 0 Å². The van der Waals surface area contributed by atoms with Crippen LogP contribution in [0.2, 0.25) is 0 Å². The Kier molecular flexibility index (Phi) is 11.8. The molecule has 0 N–H and O–H groups in total. The highest BCUT2D eigenvalue weighted by atomic mass is 32.1. The lowest BCUT2D eigenvalue weighted by atomic mass is 9.91. The molecule has 0 radical (unpaired) electrons. The van der Waals surface area contributed by atoms with Crippen molar-refractivity contribution in [2.75, 3.05) is 6.61 Å². The van der Waals surface area contributed by atoms with Crippen LogP contribution in [0.25, 0.3) is 10.4 Å². The molecule has 6 aromatic rings. The van der Waals surface area contributed by atoms with E-state index in [2.05, 4.69) is 73.7 Å². The lowest BCUT2D eigenvalue weighted by Gasteiger charge is -2.42. The maximum absolute atomic E-state index is 13.5. The van der Waals surface area contributed by atoms with Gasteiger partial charge in [-0.15, -0.1) is 11.3 Å². The quantitative estimate of drug-likeness (QED) is 0.113. The third kappa shape index (κ3) is 9.47. The molecular weight excluding hydrogens is 656 g/mol. The summed E-state index contributed by atoms with van der Waals surface area (Å²) in [5, 5.41) is 0. The third-order valence-corrected chi connectivity index (χ3v) is 10.5. The Morgan fingerprint density at radius 3 is 1.98 bits per heavy atom. The predicted molar refractivity (Wildman–Crippen MR) is 202 cm³/mol. The first-order chi connectivity index (χ1) is 25.1. The minimum Gasteiger partial charge on any atom is -0.374 e. The molecule has 1 aromatic heterocycles. The highest BCUT2D eigenvalue weighted by Gasteiger charge is 2.41. The predicted octanol–water partition coefficient (Wildman–Crippen LogP) is 10.7. The number of benzene rings is 5. The molecule has 2 heterocycles. The highest BCUT2D eigenvalue weighted by Crippen LogP contribution is 2.37. The van der Waals surface area contributed by atoms with E-state index in [0.717, 1.165) is 39.1 Å². The number of hydrogen-bond donors (Lipinski definition) is 0. The first kappa shape index (κ1) is 35.0. The summed E-state index contributed by atoms with van der Waals surface area (Å²) in [6.07, 6.45) is 0.346. The summed E-state index contributed by atoms with van der Waals surface area (Å²) in [6.45, 7) is 3.96. The molecule has 1 saturated heterocycles. The van der Waals surface area contributed by atoms with E-state index in [1.165, 1.54) is 28.1 Å². The lowest BCUT2D eigenvalue weighted by Crippen LogP contribution is -2.50. The van der Waals surface area contributed by atoms with Gasteiger partial charge in [-0.25, -0.2) is 4.39 Å². The van der Waals surface area contributed by atoms with Crippen molar-refractivity contribution >= 4 is 11.3 Å². The minimum absolute atomic E-state index is 0.204. The van der Waals surface area contributed by atoms with E-state index < -0.39 is 0 Å². The fourth-order valence-electron chi connectivity index (χ4n) is 6.58. The third-order valence-electron chi connectivity index (χ3n) is 9.40. The largest absolute Gasteiger partial charge is 0.374 e. The van der Waals surface area contributed by atoms with Gasteiger partial charge in [-0.05, 0) is 70.1 Å². The number of rotatable bonds is 14. The van der Waals surface area contributed by atoms with Gasteiger partial charge in [0.2, 0.25) is 0 Å². The smallest absolute Gasteiger partial charge is 0.123 e. The Morgan fingerprint density at radius 1 is 0.686 bits per heavy atom. The second-order valence-corrected chi connectivity index (χ2v) is 14.3. The SMILES string of the molecule is Cc1ccc([C@H]2C[C@@H](OCc3ccccc3)[C@H](OCc3ccccc3)[C@@H](COCc3ccccc3)O2)cc1Cc1ccc(-c2ccc(F)cc2)s1. The lowest BCUT2D eigenvalue weighted by molar-refractivity contribution is -0.222. The zero-order valence-corrected chi connectivity index (χ0v) is 29.6. The zero-order chi connectivity index (χ0) is 34.8. The first-order valence-corrected chi connectivity index (χ1v) is 18.4. The van der Waals surface area contributed by atoms with Crippen LogP contribution in [0.3, 0.4) is 0 Å². The number of hydrogen-bond acceptors (Lipinski definition) is 5. The molecule has 0 saturated carbocycles. The van der Waals surface area contributed by atoms with Crippen molar-refractivity contribution in [2.24, 2.45) is 0 Å². The van der Waals surface area contributed by atoms with Gasteiger partial charge in [0.05, 0.1) is 38.6 Å². The molecule has 1 aliphatic heterocycles. The molecule has 0 aliphatic carbocycles. The summed E-state index contributed by atoms with van der Waals surface area (Å²) in [5.74, 6) is -0.223. The van der Waals surface area contributed by atoms with Crippen molar-refractivity contribution < 1.29 is 23.3 Å². The monoisotopic (exact) mass is 698 g/mol. The standard InChI is InChI=1S/C45H43FO4S/c1-32-17-18-37(25-38(32)26-40-23-24-44(51-40)36-19-21-39(46)22-20-36)41-27-42(48-29-34-13-7-3-8-14-34)45(49-30-35-15-9-4-10-16-35)43(50-41)31-47-28-33-11-5-2-6-12-33/h2-25,41-43,45H,26-31H2,1H3/t41-,42-,43-,45+/m1/s1. The molecule has 5 aromatic carbocycles. The number of thiophene rings is 1. The first-order valence-electron chi connectivity index (χ1n) is 17.6. The number of halogens is 1. The summed E-state index contributed by atoms with van der Waals surface area (Å²) in [6, 6.07) is 48.4. The maximum Gasteiger partial charge on any atom is 0.123 e. The van der Waals surface area contributed by atoms with Gasteiger partial charge in [0.1, 0.15) is 18.0 Å². The van der Waals surface area contributed by atoms with Crippen LogP contribution in [0, 0.1) is 12.7 Å². The Bertz CT molecular complexity index is 1950. The molecule has 0 unspecified atom stereocenters. The van der Waals surface area contributed by atoms with E-state index in [1.807, 2.05) is 66.7 Å². The van der Waals surface area contributed by atoms with Gasteiger partial charge in [-0.2, -0.15) is 0 Å². The van der Waals surface area contributed by atoms with E-state index in [-0.39, 0.29) is 30.2 Å². The van der Waals surface area contributed by atoms with E-state index in [0.29, 0.717) is 32.8 Å². The summed E-state index contributed by atoms with van der Waals surface area (Å²) < 4.78 is 40.2. The molecule has 1 fully saturated rings.